The van der Waals surface area contributed by atoms with Crippen LogP contribution in [0.1, 0.15) is 30.1 Å². The Balaban J connectivity index is 2.27. The van der Waals surface area contributed by atoms with Crippen molar-refractivity contribution in [2.45, 2.75) is 25.4 Å². The van der Waals surface area contributed by atoms with Crippen LogP contribution < -0.4 is 0 Å². The molecule has 1 aromatic rings. The molecule has 6 nitrogen and oxygen atoms in total. The van der Waals surface area contributed by atoms with Crippen LogP contribution in [0.25, 0.3) is 0 Å². The molecule has 1 atom stereocenters. The van der Waals surface area contributed by atoms with Crippen LogP contribution in [-0.4, -0.2) is 41.5 Å². The first-order valence-corrected chi connectivity index (χ1v) is 7.44. The predicted molar refractivity (Wildman–Crippen MR) is 81.3 cm³/mol. The predicted octanol–water partition coefficient (Wildman–Crippen LogP) is 3.00. The van der Waals surface area contributed by atoms with E-state index in [1.165, 1.54) is 18.2 Å². The van der Waals surface area contributed by atoms with Crippen molar-refractivity contribution >= 4 is 27.5 Å². The highest BCUT2D eigenvalue weighted by molar-refractivity contribution is 9.10. The van der Waals surface area contributed by atoms with Gasteiger partial charge in [-0.05, 0) is 41.8 Å². The molecule has 1 unspecified atom stereocenters. The van der Waals surface area contributed by atoms with Crippen LogP contribution in [-0.2, 0) is 4.74 Å². The van der Waals surface area contributed by atoms with Gasteiger partial charge >= 0.3 is 0 Å². The van der Waals surface area contributed by atoms with Gasteiger partial charge in [-0.15, -0.1) is 0 Å². The molecule has 1 heterocycles. The molecule has 1 saturated heterocycles. The van der Waals surface area contributed by atoms with E-state index in [2.05, 4.69) is 15.9 Å². The molecule has 21 heavy (non-hydrogen) atoms. The van der Waals surface area contributed by atoms with Crippen molar-refractivity contribution in [2.75, 3.05) is 20.2 Å². The summed E-state index contributed by atoms with van der Waals surface area (Å²) < 4.78 is 6.03. The van der Waals surface area contributed by atoms with Crippen molar-refractivity contribution in [2.24, 2.45) is 0 Å². The molecule has 0 aliphatic carbocycles. The molecule has 2 rings (SSSR count). The molecule has 1 aromatic carbocycles. The third kappa shape index (κ3) is 3.41. The summed E-state index contributed by atoms with van der Waals surface area (Å²) in [7, 11) is 1.64. The highest BCUT2D eigenvalue weighted by Gasteiger charge is 2.34. The molecule has 0 radical (unpaired) electrons. The van der Waals surface area contributed by atoms with Crippen LogP contribution >= 0.6 is 15.9 Å². The van der Waals surface area contributed by atoms with Crippen molar-refractivity contribution in [3.05, 3.63) is 38.3 Å². The summed E-state index contributed by atoms with van der Waals surface area (Å²) in [5.41, 5.74) is -0.140. The van der Waals surface area contributed by atoms with Gasteiger partial charge in [-0.25, -0.2) is 0 Å². The lowest BCUT2D eigenvalue weighted by atomic mass is 9.94. The van der Waals surface area contributed by atoms with E-state index in [1.54, 1.807) is 12.0 Å². The number of methoxy groups -OCH3 is 1. The highest BCUT2D eigenvalue weighted by atomic mass is 79.9. The van der Waals surface area contributed by atoms with E-state index >= 15 is 0 Å². The number of halogens is 1. The lowest BCUT2D eigenvalue weighted by Gasteiger charge is -2.39. The van der Waals surface area contributed by atoms with Crippen LogP contribution in [0.15, 0.2) is 22.7 Å². The fourth-order valence-corrected chi connectivity index (χ4v) is 2.92. The topological polar surface area (TPSA) is 72.7 Å². The van der Waals surface area contributed by atoms with Gasteiger partial charge in [0, 0.05) is 36.8 Å². The number of amides is 1. The largest absolute Gasteiger partial charge is 0.377 e. The maximum absolute atomic E-state index is 12.6. The Morgan fingerprint density at radius 2 is 2.24 bits per heavy atom. The molecule has 0 aromatic heterocycles. The zero-order chi connectivity index (χ0) is 15.6. The summed E-state index contributed by atoms with van der Waals surface area (Å²) in [6.07, 6.45) is 1.74. The number of non-ortho nitro benzene ring substituents is 1. The Morgan fingerprint density at radius 1 is 1.52 bits per heavy atom. The highest BCUT2D eigenvalue weighted by Crippen LogP contribution is 2.28. The zero-order valence-electron chi connectivity index (χ0n) is 12.0. The van der Waals surface area contributed by atoms with Gasteiger partial charge < -0.3 is 9.64 Å². The average Bonchev–Trinajstić information content (AvgIpc) is 2.47. The summed E-state index contributed by atoms with van der Waals surface area (Å²) in [4.78, 5) is 24.7. The number of benzene rings is 1. The van der Waals surface area contributed by atoms with Gasteiger partial charge in [0.05, 0.1) is 16.1 Å². The average molecular weight is 357 g/mol. The molecule has 0 bridgehead atoms. The Bertz CT molecular complexity index is 578. The monoisotopic (exact) mass is 356 g/mol. The second-order valence-corrected chi connectivity index (χ2v) is 6.26. The van der Waals surface area contributed by atoms with Crippen LogP contribution in [0, 0.1) is 10.1 Å². The Morgan fingerprint density at radius 3 is 2.86 bits per heavy atom. The molecule has 0 N–H and O–H groups in total. The van der Waals surface area contributed by atoms with Gasteiger partial charge in [0.25, 0.3) is 11.6 Å². The number of carbonyl (C=O) groups excluding carboxylic acids is 1. The molecule has 1 aliphatic heterocycles. The number of likely N-dealkylation sites (tertiary alicyclic amines) is 1. The first-order valence-electron chi connectivity index (χ1n) is 6.65. The molecule has 1 aliphatic rings. The van der Waals surface area contributed by atoms with Gasteiger partial charge in [0.15, 0.2) is 0 Å². The maximum atomic E-state index is 12.6. The van der Waals surface area contributed by atoms with Crippen molar-refractivity contribution in [1.29, 1.82) is 0 Å². The molecule has 0 spiro atoms. The number of hydrogen-bond donors (Lipinski definition) is 0. The normalized spacial score (nSPS) is 22.1. The maximum Gasteiger partial charge on any atom is 0.270 e. The summed E-state index contributed by atoms with van der Waals surface area (Å²) >= 11 is 3.29. The number of nitro groups is 1. The van der Waals surface area contributed by atoms with Crippen LogP contribution in [0.3, 0.4) is 0 Å². The van der Waals surface area contributed by atoms with Gasteiger partial charge in [-0.1, -0.05) is 0 Å². The van der Waals surface area contributed by atoms with Crippen LogP contribution in [0.2, 0.25) is 0 Å². The SMILES string of the molecule is COC1(C)CCCN(C(=O)c2cc([N+](=O)[O-])ccc2Br)C1. The van der Waals surface area contributed by atoms with Gasteiger partial charge in [0.2, 0.25) is 0 Å². The lowest BCUT2D eigenvalue weighted by Crippen LogP contribution is -2.49. The zero-order valence-corrected chi connectivity index (χ0v) is 13.6. The van der Waals surface area contributed by atoms with Crippen molar-refractivity contribution < 1.29 is 14.5 Å². The van der Waals surface area contributed by atoms with E-state index in [0.29, 0.717) is 23.1 Å². The molecule has 114 valence electrons. The number of nitrogens with zero attached hydrogens (tertiary/aromatic N) is 2. The second-order valence-electron chi connectivity index (χ2n) is 5.41. The summed E-state index contributed by atoms with van der Waals surface area (Å²) in [5, 5.41) is 10.9. The Labute approximate surface area is 131 Å². The molecular formula is C14H17BrN2O4. The van der Waals surface area contributed by atoms with Crippen LogP contribution in [0.4, 0.5) is 5.69 Å². The number of ether oxygens (including phenoxy) is 1. The van der Waals surface area contributed by atoms with E-state index in [0.717, 1.165) is 12.8 Å². The van der Waals surface area contributed by atoms with Crippen molar-refractivity contribution in [3.8, 4) is 0 Å². The molecule has 0 saturated carbocycles. The summed E-state index contributed by atoms with van der Waals surface area (Å²) in [6.45, 7) is 3.08. The van der Waals surface area contributed by atoms with Crippen molar-refractivity contribution in [3.63, 3.8) is 0 Å². The standard InChI is InChI=1S/C14H17BrN2O4/c1-14(21-2)6-3-7-16(9-14)13(18)11-8-10(17(19)20)4-5-12(11)15/h4-5,8H,3,6-7,9H2,1-2H3. The summed E-state index contributed by atoms with van der Waals surface area (Å²) in [6, 6.07) is 4.21. The van der Waals surface area contributed by atoms with E-state index in [1.807, 2.05) is 6.92 Å². The van der Waals surface area contributed by atoms with Gasteiger partial charge in [-0.3, -0.25) is 14.9 Å². The minimum atomic E-state index is -0.501. The molecule has 1 fully saturated rings. The van der Waals surface area contributed by atoms with E-state index in [9.17, 15) is 14.9 Å². The minimum absolute atomic E-state index is 0.0898. The molecular weight excluding hydrogens is 340 g/mol. The Hall–Kier alpha value is -1.47. The number of carbonyl (C=O) groups is 1. The Kier molecular flexibility index (Phi) is 4.63. The minimum Gasteiger partial charge on any atom is -0.377 e. The molecule has 7 heteroatoms. The summed E-state index contributed by atoms with van der Waals surface area (Å²) in [5.74, 6) is -0.214. The first kappa shape index (κ1) is 15.9. The quantitative estimate of drug-likeness (QED) is 0.616. The third-order valence-electron chi connectivity index (χ3n) is 3.83. The number of hydrogen-bond acceptors (Lipinski definition) is 4. The van der Waals surface area contributed by atoms with E-state index < -0.39 is 4.92 Å². The number of nitro benzene ring substituents is 1. The number of piperidine rings is 1. The van der Waals surface area contributed by atoms with Gasteiger partial charge in [-0.2, -0.15) is 0 Å². The third-order valence-corrected chi connectivity index (χ3v) is 4.52. The van der Waals surface area contributed by atoms with Gasteiger partial charge in [0.1, 0.15) is 0 Å². The fraction of sp³-hybridized carbons (Fsp3) is 0.500. The van der Waals surface area contributed by atoms with E-state index in [-0.39, 0.29) is 17.2 Å². The second kappa shape index (κ2) is 6.11. The van der Waals surface area contributed by atoms with Crippen LogP contribution in [0.5, 0.6) is 0 Å². The van der Waals surface area contributed by atoms with E-state index in [4.69, 9.17) is 4.74 Å². The smallest absolute Gasteiger partial charge is 0.270 e. The fourth-order valence-electron chi connectivity index (χ4n) is 2.51. The first-order chi connectivity index (χ1) is 9.86. The number of rotatable bonds is 3. The lowest BCUT2D eigenvalue weighted by molar-refractivity contribution is -0.384. The molecule has 1 amide bonds. The van der Waals surface area contributed by atoms with Crippen molar-refractivity contribution in [1.82, 2.24) is 4.90 Å².